The minimum Gasteiger partial charge on any atom is -0.394 e. The molecule has 5 heteroatoms. The summed E-state index contributed by atoms with van der Waals surface area (Å²) in [4.78, 5) is 13.4. The van der Waals surface area contributed by atoms with Gasteiger partial charge in [0.25, 0.3) is 0 Å². The molecule has 0 aromatic carbocycles. The summed E-state index contributed by atoms with van der Waals surface area (Å²) >= 11 is 0. The van der Waals surface area contributed by atoms with Crippen LogP contribution in [-0.4, -0.2) is 61.3 Å². The third kappa shape index (κ3) is 2.67. The number of nitrogens with zero attached hydrogens (tertiary/aromatic N) is 1. The van der Waals surface area contributed by atoms with Crippen LogP contribution < -0.4 is 10.6 Å². The third-order valence-corrected chi connectivity index (χ3v) is 2.61. The quantitative estimate of drug-likeness (QED) is 0.514. The fourth-order valence-electron chi connectivity index (χ4n) is 1.41. The molecule has 0 bridgehead atoms. The van der Waals surface area contributed by atoms with Crippen molar-refractivity contribution in [3.05, 3.63) is 0 Å². The molecule has 0 spiro atoms. The van der Waals surface area contributed by atoms with Crippen molar-refractivity contribution in [2.24, 2.45) is 0 Å². The van der Waals surface area contributed by atoms with Gasteiger partial charge in [0.1, 0.15) is 0 Å². The average molecular weight is 201 g/mol. The van der Waals surface area contributed by atoms with Crippen molar-refractivity contribution in [3.63, 3.8) is 0 Å². The smallest absolute Gasteiger partial charge is 0.241 e. The Morgan fingerprint density at radius 3 is 2.86 bits per heavy atom. The largest absolute Gasteiger partial charge is 0.394 e. The second-order valence-corrected chi connectivity index (χ2v) is 3.69. The molecule has 1 rings (SSSR count). The number of hydrogen-bond acceptors (Lipinski definition) is 4. The zero-order valence-corrected chi connectivity index (χ0v) is 8.79. The zero-order chi connectivity index (χ0) is 10.6. The van der Waals surface area contributed by atoms with E-state index in [1.165, 1.54) is 0 Å². The van der Waals surface area contributed by atoms with Crippen LogP contribution in [-0.2, 0) is 4.79 Å². The molecule has 1 heterocycles. The van der Waals surface area contributed by atoms with Gasteiger partial charge in [-0.15, -0.1) is 0 Å². The molecule has 1 aliphatic heterocycles. The van der Waals surface area contributed by atoms with Crippen molar-refractivity contribution in [3.8, 4) is 0 Å². The monoisotopic (exact) mass is 201 g/mol. The van der Waals surface area contributed by atoms with E-state index in [1.807, 2.05) is 6.92 Å². The first-order valence-electron chi connectivity index (χ1n) is 4.98. The number of carbonyl (C=O) groups excluding carboxylic acids is 1. The fourth-order valence-corrected chi connectivity index (χ4v) is 1.41. The van der Waals surface area contributed by atoms with Crippen molar-refractivity contribution in [1.29, 1.82) is 0 Å². The number of hydrogen-bond donors (Lipinski definition) is 3. The Balaban J connectivity index is 2.46. The molecule has 2 unspecified atom stereocenters. The number of amides is 1. The summed E-state index contributed by atoms with van der Waals surface area (Å²) in [5.41, 5.74) is 0. The van der Waals surface area contributed by atoms with Gasteiger partial charge < -0.3 is 20.6 Å². The molecule has 0 aromatic rings. The highest BCUT2D eigenvalue weighted by Crippen LogP contribution is 2.00. The van der Waals surface area contributed by atoms with Crippen LogP contribution in [0.4, 0.5) is 0 Å². The Bertz CT molecular complexity index is 188. The van der Waals surface area contributed by atoms with Crippen molar-refractivity contribution in [2.75, 3.05) is 33.3 Å². The van der Waals surface area contributed by atoms with Gasteiger partial charge in [0, 0.05) is 26.7 Å². The minimum atomic E-state index is -0.150. The standard InChI is InChI=1S/C9H19N3O2/c1-7(6-13)12(2)9(14)8-5-10-3-4-11-8/h7-8,10-11,13H,3-6H2,1-2H3. The fraction of sp³-hybridized carbons (Fsp3) is 0.889. The maximum Gasteiger partial charge on any atom is 0.241 e. The second-order valence-electron chi connectivity index (χ2n) is 3.69. The molecular weight excluding hydrogens is 182 g/mol. The van der Waals surface area contributed by atoms with E-state index in [9.17, 15) is 4.79 Å². The summed E-state index contributed by atoms with van der Waals surface area (Å²) in [5, 5.41) is 15.2. The Morgan fingerprint density at radius 1 is 1.64 bits per heavy atom. The highest BCUT2D eigenvalue weighted by molar-refractivity contribution is 5.82. The maximum atomic E-state index is 11.8. The highest BCUT2D eigenvalue weighted by atomic mass is 16.3. The lowest BCUT2D eigenvalue weighted by Crippen LogP contribution is -2.57. The van der Waals surface area contributed by atoms with E-state index < -0.39 is 0 Å². The van der Waals surface area contributed by atoms with Gasteiger partial charge in [-0.05, 0) is 6.92 Å². The lowest BCUT2D eigenvalue weighted by molar-refractivity contribution is -0.134. The Kier molecular flexibility index (Phi) is 4.31. The van der Waals surface area contributed by atoms with E-state index in [4.69, 9.17) is 5.11 Å². The molecule has 1 saturated heterocycles. The van der Waals surface area contributed by atoms with E-state index in [1.54, 1.807) is 11.9 Å². The number of piperazine rings is 1. The predicted octanol–water partition coefficient (Wildman–Crippen LogP) is -1.61. The Hall–Kier alpha value is -0.650. The summed E-state index contributed by atoms with van der Waals surface area (Å²) in [5.74, 6) is 0.0405. The van der Waals surface area contributed by atoms with Gasteiger partial charge in [0.2, 0.25) is 5.91 Å². The molecule has 3 N–H and O–H groups in total. The number of aliphatic hydroxyl groups is 1. The first-order valence-corrected chi connectivity index (χ1v) is 4.98. The molecule has 14 heavy (non-hydrogen) atoms. The second kappa shape index (κ2) is 5.29. The van der Waals surface area contributed by atoms with E-state index in [0.717, 1.165) is 13.1 Å². The molecule has 0 radical (unpaired) electrons. The molecule has 5 nitrogen and oxygen atoms in total. The summed E-state index contributed by atoms with van der Waals surface area (Å²) in [6.07, 6.45) is 0. The first kappa shape index (κ1) is 11.4. The van der Waals surface area contributed by atoms with Gasteiger partial charge in [-0.1, -0.05) is 0 Å². The van der Waals surface area contributed by atoms with Crippen LogP contribution in [0.15, 0.2) is 0 Å². The van der Waals surface area contributed by atoms with Crippen molar-refractivity contribution in [1.82, 2.24) is 15.5 Å². The van der Waals surface area contributed by atoms with E-state index in [0.29, 0.717) is 6.54 Å². The van der Waals surface area contributed by atoms with Gasteiger partial charge >= 0.3 is 0 Å². The molecule has 82 valence electrons. The van der Waals surface area contributed by atoms with E-state index in [-0.39, 0.29) is 24.6 Å². The van der Waals surface area contributed by atoms with Gasteiger partial charge in [0.15, 0.2) is 0 Å². The van der Waals surface area contributed by atoms with E-state index >= 15 is 0 Å². The maximum absolute atomic E-state index is 11.8. The first-order chi connectivity index (χ1) is 6.66. The number of rotatable bonds is 3. The van der Waals surface area contributed by atoms with Crippen molar-refractivity contribution < 1.29 is 9.90 Å². The van der Waals surface area contributed by atoms with Gasteiger partial charge in [0.05, 0.1) is 18.7 Å². The van der Waals surface area contributed by atoms with Crippen molar-refractivity contribution in [2.45, 2.75) is 19.0 Å². The van der Waals surface area contributed by atoms with Gasteiger partial charge in [-0.25, -0.2) is 0 Å². The molecule has 0 aromatic heterocycles. The van der Waals surface area contributed by atoms with Crippen molar-refractivity contribution >= 4 is 5.91 Å². The third-order valence-electron chi connectivity index (χ3n) is 2.61. The summed E-state index contributed by atoms with van der Waals surface area (Å²) < 4.78 is 0. The summed E-state index contributed by atoms with van der Waals surface area (Å²) in [7, 11) is 1.72. The molecule has 0 aliphatic carbocycles. The lowest BCUT2D eigenvalue weighted by Gasteiger charge is -2.30. The predicted molar refractivity (Wildman–Crippen MR) is 54.0 cm³/mol. The van der Waals surface area contributed by atoms with Crippen LogP contribution >= 0.6 is 0 Å². The minimum absolute atomic E-state index is 0.00237. The molecule has 1 aliphatic rings. The van der Waals surface area contributed by atoms with Gasteiger partial charge in [-0.3, -0.25) is 4.79 Å². The highest BCUT2D eigenvalue weighted by Gasteiger charge is 2.25. The van der Waals surface area contributed by atoms with Crippen LogP contribution in [0.25, 0.3) is 0 Å². The summed E-state index contributed by atoms with van der Waals surface area (Å²) in [6.45, 7) is 4.22. The molecule has 1 amide bonds. The SMILES string of the molecule is CC(CO)N(C)C(=O)C1CNCCN1. The van der Waals surface area contributed by atoms with Crippen LogP contribution in [0.3, 0.4) is 0 Å². The number of likely N-dealkylation sites (N-methyl/N-ethyl adjacent to an activating group) is 1. The summed E-state index contributed by atoms with van der Waals surface area (Å²) in [6, 6.07) is -0.269. The van der Waals surface area contributed by atoms with Crippen LogP contribution in [0.1, 0.15) is 6.92 Å². The molecule has 1 fully saturated rings. The van der Waals surface area contributed by atoms with Crippen LogP contribution in [0, 0.1) is 0 Å². The van der Waals surface area contributed by atoms with Crippen LogP contribution in [0.5, 0.6) is 0 Å². The number of nitrogens with one attached hydrogen (secondary N) is 2. The molecular formula is C9H19N3O2. The van der Waals surface area contributed by atoms with Crippen LogP contribution in [0.2, 0.25) is 0 Å². The molecule has 0 saturated carbocycles. The zero-order valence-electron chi connectivity index (χ0n) is 8.79. The Morgan fingerprint density at radius 2 is 2.36 bits per heavy atom. The number of carbonyl (C=O) groups is 1. The molecule has 2 atom stereocenters. The van der Waals surface area contributed by atoms with E-state index in [2.05, 4.69) is 10.6 Å². The van der Waals surface area contributed by atoms with Gasteiger partial charge in [-0.2, -0.15) is 0 Å². The average Bonchev–Trinajstić information content (AvgIpc) is 2.27. The number of aliphatic hydroxyl groups excluding tert-OH is 1. The topological polar surface area (TPSA) is 64.6 Å². The Labute approximate surface area is 84.5 Å². The lowest BCUT2D eigenvalue weighted by atomic mass is 10.2. The normalized spacial score (nSPS) is 24.4.